The molecule has 0 radical (unpaired) electrons. The summed E-state index contributed by atoms with van der Waals surface area (Å²) in [6.45, 7) is 23.4. The average Bonchev–Trinajstić information content (AvgIpc) is 2.71. The molecule has 3 fully saturated rings. The Kier molecular flexibility index (Phi) is 10.3. The third-order valence-electron chi connectivity index (χ3n) is 9.46. The van der Waals surface area contributed by atoms with Crippen LogP contribution in [0, 0.1) is 32.5 Å². The van der Waals surface area contributed by atoms with E-state index in [1.54, 1.807) is 0 Å². The standard InChI is InChI=1S/C34H62N6/c1-29(2)14-26(35)16-32(7,20-29)23-37-10-11-38-25-34(9)19-28(18-31(5,6)22-34)40-13-12-39-24-33(8)17-27(36)15-30(3,4)21-33/h10,12-13,25-28H,11,14-24,35-36H2,1-9H3. The zero-order chi connectivity index (χ0) is 29.9. The third kappa shape index (κ3) is 10.5. The topological polar surface area (TPSA) is 101 Å². The van der Waals surface area contributed by atoms with E-state index in [2.05, 4.69) is 68.5 Å². The minimum atomic E-state index is 0.0399. The summed E-state index contributed by atoms with van der Waals surface area (Å²) >= 11 is 0. The summed E-state index contributed by atoms with van der Waals surface area (Å²) < 4.78 is 0. The van der Waals surface area contributed by atoms with Crippen LogP contribution in [0.1, 0.15) is 120 Å². The average molecular weight is 555 g/mol. The number of hydrogen-bond acceptors (Lipinski definition) is 6. The van der Waals surface area contributed by atoms with Crippen LogP contribution in [0.5, 0.6) is 0 Å². The molecule has 6 nitrogen and oxygen atoms in total. The second-order valence-electron chi connectivity index (χ2n) is 17.5. The van der Waals surface area contributed by atoms with Crippen LogP contribution in [0.4, 0.5) is 0 Å². The first-order valence-electron chi connectivity index (χ1n) is 15.8. The molecule has 0 heterocycles. The Bertz CT molecular complexity index is 961. The third-order valence-corrected chi connectivity index (χ3v) is 9.46. The van der Waals surface area contributed by atoms with E-state index in [1.165, 1.54) is 12.8 Å². The van der Waals surface area contributed by atoms with Gasteiger partial charge in [0.2, 0.25) is 0 Å². The maximum atomic E-state index is 6.37. The number of nitrogens with two attached hydrogens (primary N) is 2. The molecule has 3 aliphatic carbocycles. The number of hydrogen-bond donors (Lipinski definition) is 2. The minimum absolute atomic E-state index is 0.0399. The highest BCUT2D eigenvalue weighted by Crippen LogP contribution is 2.47. The second-order valence-corrected chi connectivity index (χ2v) is 17.5. The highest BCUT2D eigenvalue weighted by atomic mass is 14.8. The molecule has 3 aliphatic rings. The van der Waals surface area contributed by atoms with Crippen molar-refractivity contribution < 1.29 is 0 Å². The smallest absolute Gasteiger partial charge is 0.0734 e. The van der Waals surface area contributed by atoms with Gasteiger partial charge in [0.1, 0.15) is 0 Å². The van der Waals surface area contributed by atoms with Crippen LogP contribution in [0.15, 0.2) is 20.0 Å². The van der Waals surface area contributed by atoms with Crippen molar-refractivity contribution >= 4 is 24.9 Å². The van der Waals surface area contributed by atoms with Gasteiger partial charge in [0, 0.05) is 55.4 Å². The molecule has 228 valence electrons. The summed E-state index contributed by atoms with van der Waals surface area (Å²) in [7, 11) is 0. The number of rotatable bonds is 9. The van der Waals surface area contributed by atoms with E-state index in [9.17, 15) is 0 Å². The van der Waals surface area contributed by atoms with Crippen molar-refractivity contribution in [2.24, 2.45) is 63.9 Å². The van der Waals surface area contributed by atoms with Crippen molar-refractivity contribution in [2.75, 3.05) is 19.6 Å². The van der Waals surface area contributed by atoms with Gasteiger partial charge in [0.15, 0.2) is 0 Å². The predicted octanol–water partition coefficient (Wildman–Crippen LogP) is 6.94. The van der Waals surface area contributed by atoms with Gasteiger partial charge in [0.05, 0.1) is 12.6 Å². The lowest BCUT2D eigenvalue weighted by Crippen LogP contribution is -2.43. The van der Waals surface area contributed by atoms with Crippen molar-refractivity contribution in [3.8, 4) is 0 Å². The molecule has 0 bridgehead atoms. The molecular formula is C34H62N6. The number of aliphatic imine (C=N–C) groups is 4. The van der Waals surface area contributed by atoms with Crippen molar-refractivity contribution in [1.29, 1.82) is 0 Å². The summed E-state index contributed by atoms with van der Waals surface area (Å²) in [4.78, 5) is 19.3. The van der Waals surface area contributed by atoms with Crippen LogP contribution < -0.4 is 11.5 Å². The van der Waals surface area contributed by atoms with E-state index in [0.29, 0.717) is 17.4 Å². The summed E-state index contributed by atoms with van der Waals surface area (Å²) in [5.41, 5.74) is 14.0. The van der Waals surface area contributed by atoms with Crippen molar-refractivity contribution in [3.63, 3.8) is 0 Å². The highest BCUT2D eigenvalue weighted by molar-refractivity contribution is 6.16. The van der Waals surface area contributed by atoms with E-state index >= 15 is 0 Å². The lowest BCUT2D eigenvalue weighted by molar-refractivity contribution is 0.0905. The summed E-state index contributed by atoms with van der Waals surface area (Å²) in [5, 5.41) is 0. The zero-order valence-electron chi connectivity index (χ0n) is 27.5. The molecule has 6 unspecified atom stereocenters. The Morgan fingerprint density at radius 3 is 1.68 bits per heavy atom. The molecule has 4 N–H and O–H groups in total. The highest BCUT2D eigenvalue weighted by Gasteiger charge is 2.42. The van der Waals surface area contributed by atoms with Gasteiger partial charge < -0.3 is 11.5 Å². The maximum Gasteiger partial charge on any atom is 0.0734 e. The Hall–Kier alpha value is -1.40. The lowest BCUT2D eigenvalue weighted by atomic mass is 9.63. The first-order chi connectivity index (χ1) is 18.3. The molecule has 3 saturated carbocycles. The van der Waals surface area contributed by atoms with E-state index in [0.717, 1.165) is 58.0 Å². The van der Waals surface area contributed by atoms with Crippen LogP contribution in [0.2, 0.25) is 0 Å². The fourth-order valence-electron chi connectivity index (χ4n) is 9.50. The van der Waals surface area contributed by atoms with E-state index in [1.807, 2.05) is 18.6 Å². The second kappa shape index (κ2) is 12.5. The fourth-order valence-corrected chi connectivity index (χ4v) is 9.50. The molecule has 40 heavy (non-hydrogen) atoms. The van der Waals surface area contributed by atoms with Crippen molar-refractivity contribution in [1.82, 2.24) is 0 Å². The predicted molar refractivity (Wildman–Crippen MR) is 176 cm³/mol. The van der Waals surface area contributed by atoms with Gasteiger partial charge >= 0.3 is 0 Å². The van der Waals surface area contributed by atoms with Crippen molar-refractivity contribution in [3.05, 3.63) is 0 Å². The Morgan fingerprint density at radius 1 is 0.600 bits per heavy atom. The van der Waals surface area contributed by atoms with Crippen LogP contribution in [-0.2, 0) is 0 Å². The first-order valence-corrected chi connectivity index (χ1v) is 15.8. The van der Waals surface area contributed by atoms with Gasteiger partial charge in [0.25, 0.3) is 0 Å². The van der Waals surface area contributed by atoms with Crippen LogP contribution in [0.25, 0.3) is 0 Å². The van der Waals surface area contributed by atoms with Gasteiger partial charge in [-0.3, -0.25) is 20.0 Å². The molecule has 0 aliphatic heterocycles. The summed E-state index contributed by atoms with van der Waals surface area (Å²) in [6.07, 6.45) is 18.0. The van der Waals surface area contributed by atoms with Crippen LogP contribution in [0.3, 0.4) is 0 Å². The monoisotopic (exact) mass is 555 g/mol. The van der Waals surface area contributed by atoms with E-state index in [-0.39, 0.29) is 39.8 Å². The molecule has 0 aromatic heterocycles. The molecule has 0 aromatic rings. The Morgan fingerprint density at radius 2 is 1.12 bits per heavy atom. The summed E-state index contributed by atoms with van der Waals surface area (Å²) in [5.74, 6) is 0. The zero-order valence-corrected chi connectivity index (χ0v) is 27.5. The Balaban J connectivity index is 1.51. The first kappa shape index (κ1) is 33.1. The molecule has 6 atom stereocenters. The van der Waals surface area contributed by atoms with Crippen LogP contribution in [-0.4, -0.2) is 62.6 Å². The summed E-state index contributed by atoms with van der Waals surface area (Å²) in [6, 6.07) is 0.848. The Labute approximate surface area is 246 Å². The largest absolute Gasteiger partial charge is 0.328 e. The maximum absolute atomic E-state index is 6.37. The minimum Gasteiger partial charge on any atom is -0.328 e. The van der Waals surface area contributed by atoms with E-state index in [4.69, 9.17) is 31.4 Å². The van der Waals surface area contributed by atoms with Gasteiger partial charge in [-0.1, -0.05) is 62.3 Å². The normalized spacial score (nSPS) is 40.0. The molecule has 6 heteroatoms. The molecular weight excluding hydrogens is 492 g/mol. The quantitative estimate of drug-likeness (QED) is 0.302. The van der Waals surface area contributed by atoms with Gasteiger partial charge in [-0.05, 0) is 84.9 Å². The van der Waals surface area contributed by atoms with Crippen molar-refractivity contribution in [2.45, 2.75) is 138 Å². The van der Waals surface area contributed by atoms with E-state index < -0.39 is 0 Å². The molecule has 0 amide bonds. The van der Waals surface area contributed by atoms with Gasteiger partial charge in [-0.25, -0.2) is 0 Å². The SMILES string of the molecule is CC1(C)CC(N=CC=NCC2(C)CC(N)CC(C)(C)C2)CC(C)(C=NCC=NCC2(C)CC(N)CC(C)(C)C2)C1. The van der Waals surface area contributed by atoms with Gasteiger partial charge in [-0.15, -0.1) is 0 Å². The fraction of sp³-hybridized carbons (Fsp3) is 0.882. The number of nitrogens with zero attached hydrogens (tertiary/aromatic N) is 4. The molecule has 0 spiro atoms. The lowest BCUT2D eigenvalue weighted by Gasteiger charge is -2.45. The van der Waals surface area contributed by atoms with Gasteiger partial charge in [-0.2, -0.15) is 0 Å². The molecule has 0 saturated heterocycles. The molecule has 3 rings (SSSR count). The van der Waals surface area contributed by atoms with Crippen LogP contribution >= 0.6 is 0 Å². The molecule has 0 aromatic carbocycles.